The summed E-state index contributed by atoms with van der Waals surface area (Å²) in [4.78, 5) is 22.7. The highest BCUT2D eigenvalue weighted by Gasteiger charge is 2.14. The third-order valence-corrected chi connectivity index (χ3v) is 2.49. The summed E-state index contributed by atoms with van der Waals surface area (Å²) < 4.78 is 5.20. The zero-order chi connectivity index (χ0) is 14.3. The minimum Gasteiger partial charge on any atom is -0.458 e. The summed E-state index contributed by atoms with van der Waals surface area (Å²) in [7, 11) is 0. The van der Waals surface area contributed by atoms with Crippen LogP contribution in [0.1, 0.15) is 37.0 Å². The monoisotopic (exact) mass is 260 g/mol. The van der Waals surface area contributed by atoms with Crippen LogP contribution in [0.15, 0.2) is 24.3 Å². The van der Waals surface area contributed by atoms with Gasteiger partial charge in [-0.2, -0.15) is 5.26 Å². The molecule has 0 aliphatic carbocycles. The smallest absolute Gasteiger partial charge is 0.338 e. The second-order valence-corrected chi connectivity index (χ2v) is 4.06. The molecule has 1 atom stereocenters. The molecule has 0 aliphatic rings. The van der Waals surface area contributed by atoms with Crippen molar-refractivity contribution in [2.24, 2.45) is 0 Å². The highest BCUT2D eigenvalue weighted by atomic mass is 16.5. The van der Waals surface area contributed by atoms with Gasteiger partial charge in [-0.15, -0.1) is 0 Å². The Morgan fingerprint density at radius 3 is 2.47 bits per heavy atom. The number of esters is 1. The largest absolute Gasteiger partial charge is 0.458 e. The number of hydrogen-bond acceptors (Lipinski definition) is 4. The first-order valence-electron chi connectivity index (χ1n) is 6.02. The lowest BCUT2D eigenvalue weighted by Crippen LogP contribution is -2.17. The molecule has 0 spiro atoms. The van der Waals surface area contributed by atoms with Gasteiger partial charge in [0.05, 0.1) is 18.1 Å². The molecule has 100 valence electrons. The van der Waals surface area contributed by atoms with E-state index in [1.165, 1.54) is 6.92 Å². The number of amides is 1. The molecule has 0 unspecified atom stereocenters. The molecule has 0 aliphatic heterocycles. The fourth-order valence-corrected chi connectivity index (χ4v) is 1.48. The molecule has 0 saturated carbocycles. The maximum absolute atomic E-state index is 11.8. The molecule has 1 aromatic carbocycles. The van der Waals surface area contributed by atoms with E-state index in [1.807, 2.05) is 13.0 Å². The summed E-state index contributed by atoms with van der Waals surface area (Å²) in [6, 6.07) is 8.39. The molecule has 0 saturated heterocycles. The van der Waals surface area contributed by atoms with Crippen LogP contribution in [0.3, 0.4) is 0 Å². The third kappa shape index (κ3) is 4.80. The van der Waals surface area contributed by atoms with Crippen molar-refractivity contribution in [3.8, 4) is 6.07 Å². The van der Waals surface area contributed by atoms with Crippen LogP contribution in [0.2, 0.25) is 0 Å². The highest BCUT2D eigenvalue weighted by Crippen LogP contribution is 2.13. The molecular formula is C14H16N2O3. The molecule has 0 heterocycles. The van der Waals surface area contributed by atoms with Crippen LogP contribution < -0.4 is 5.32 Å². The summed E-state index contributed by atoms with van der Waals surface area (Å²) in [6.07, 6.45) is 0.405. The number of rotatable bonds is 5. The molecular weight excluding hydrogens is 244 g/mol. The van der Waals surface area contributed by atoms with Gasteiger partial charge in [0.15, 0.2) is 0 Å². The fourth-order valence-electron chi connectivity index (χ4n) is 1.48. The van der Waals surface area contributed by atoms with Gasteiger partial charge in [-0.05, 0) is 30.7 Å². The topological polar surface area (TPSA) is 79.2 Å². The maximum Gasteiger partial charge on any atom is 0.338 e. The Bertz CT molecular complexity index is 488. The number of nitrogens with one attached hydrogen (secondary N) is 1. The Labute approximate surface area is 112 Å². The van der Waals surface area contributed by atoms with E-state index >= 15 is 0 Å². The Morgan fingerprint density at radius 2 is 2.00 bits per heavy atom. The Hall–Kier alpha value is -2.35. The zero-order valence-corrected chi connectivity index (χ0v) is 11.0. The lowest BCUT2D eigenvalue weighted by Gasteiger charge is -2.13. The van der Waals surface area contributed by atoms with Gasteiger partial charge in [-0.1, -0.05) is 6.92 Å². The molecule has 5 heteroatoms. The van der Waals surface area contributed by atoms with E-state index in [-0.39, 0.29) is 18.4 Å². The van der Waals surface area contributed by atoms with Crippen molar-refractivity contribution in [3.05, 3.63) is 29.8 Å². The number of benzene rings is 1. The molecule has 0 aromatic heterocycles. The van der Waals surface area contributed by atoms with Crippen molar-refractivity contribution in [1.29, 1.82) is 5.26 Å². The van der Waals surface area contributed by atoms with Crippen molar-refractivity contribution < 1.29 is 14.3 Å². The predicted molar refractivity (Wildman–Crippen MR) is 70.5 cm³/mol. The molecule has 5 nitrogen and oxygen atoms in total. The summed E-state index contributed by atoms with van der Waals surface area (Å²) in [5.41, 5.74) is 1.01. The number of carbonyl (C=O) groups excluding carboxylic acids is 2. The number of hydrogen-bond donors (Lipinski definition) is 1. The van der Waals surface area contributed by atoms with Crippen LogP contribution >= 0.6 is 0 Å². The number of ether oxygens (including phenoxy) is 1. The lowest BCUT2D eigenvalue weighted by atomic mass is 10.2. The van der Waals surface area contributed by atoms with Gasteiger partial charge in [0.25, 0.3) is 0 Å². The van der Waals surface area contributed by atoms with Crippen molar-refractivity contribution in [1.82, 2.24) is 0 Å². The minimum absolute atomic E-state index is 0.171. The van der Waals surface area contributed by atoms with Gasteiger partial charge in [0.1, 0.15) is 6.10 Å². The van der Waals surface area contributed by atoms with E-state index in [4.69, 9.17) is 10.00 Å². The van der Waals surface area contributed by atoms with E-state index in [0.29, 0.717) is 17.7 Å². The molecule has 1 aromatic rings. The average molecular weight is 260 g/mol. The molecule has 0 bridgehead atoms. The summed E-state index contributed by atoms with van der Waals surface area (Å²) in [5.74, 6) is -0.633. The van der Waals surface area contributed by atoms with Crippen LogP contribution in [0.25, 0.3) is 0 Å². The lowest BCUT2D eigenvalue weighted by molar-refractivity contribution is -0.114. The van der Waals surface area contributed by atoms with Gasteiger partial charge >= 0.3 is 5.97 Å². The van der Waals surface area contributed by atoms with Crippen molar-refractivity contribution in [3.63, 3.8) is 0 Å². The van der Waals surface area contributed by atoms with Gasteiger partial charge in [0, 0.05) is 12.6 Å². The van der Waals surface area contributed by atoms with Crippen LogP contribution in [-0.4, -0.2) is 18.0 Å². The minimum atomic E-state index is -0.462. The zero-order valence-electron chi connectivity index (χ0n) is 11.0. The first-order chi connectivity index (χ1) is 9.06. The van der Waals surface area contributed by atoms with Crippen LogP contribution in [-0.2, 0) is 9.53 Å². The molecule has 0 radical (unpaired) electrons. The normalized spacial score (nSPS) is 11.2. The Balaban J connectivity index is 2.67. The first kappa shape index (κ1) is 14.7. The third-order valence-electron chi connectivity index (χ3n) is 2.49. The van der Waals surface area contributed by atoms with Gasteiger partial charge in [-0.25, -0.2) is 4.79 Å². The average Bonchev–Trinajstić information content (AvgIpc) is 2.38. The van der Waals surface area contributed by atoms with Crippen LogP contribution in [0.5, 0.6) is 0 Å². The SMILES string of the molecule is CC[C@H](CC#N)OC(=O)c1ccc(NC(C)=O)cc1. The first-order valence-corrected chi connectivity index (χ1v) is 6.02. The quantitative estimate of drug-likeness (QED) is 0.825. The van der Waals surface area contributed by atoms with E-state index < -0.39 is 5.97 Å². The standard InChI is InChI=1S/C14H16N2O3/c1-3-13(8-9-15)19-14(18)11-4-6-12(7-5-11)16-10(2)17/h4-7,13H,3,8H2,1-2H3,(H,16,17)/t13-/m1/s1. The van der Waals surface area contributed by atoms with E-state index in [2.05, 4.69) is 5.32 Å². The fraction of sp³-hybridized carbons (Fsp3) is 0.357. The second-order valence-electron chi connectivity index (χ2n) is 4.06. The van der Waals surface area contributed by atoms with Crippen molar-refractivity contribution in [2.45, 2.75) is 32.8 Å². The molecule has 19 heavy (non-hydrogen) atoms. The Kier molecular flexibility index (Phi) is 5.55. The van der Waals surface area contributed by atoms with E-state index in [1.54, 1.807) is 24.3 Å². The number of nitriles is 1. The Morgan fingerprint density at radius 1 is 1.37 bits per heavy atom. The van der Waals surface area contributed by atoms with Gasteiger partial charge < -0.3 is 10.1 Å². The highest BCUT2D eigenvalue weighted by molar-refractivity contribution is 5.92. The summed E-state index contributed by atoms with van der Waals surface area (Å²) in [5, 5.41) is 11.2. The van der Waals surface area contributed by atoms with Crippen LogP contribution in [0.4, 0.5) is 5.69 Å². The molecule has 0 fully saturated rings. The van der Waals surface area contributed by atoms with Crippen LogP contribution in [0, 0.1) is 11.3 Å². The van der Waals surface area contributed by atoms with E-state index in [9.17, 15) is 9.59 Å². The molecule has 1 rings (SSSR count). The number of carbonyl (C=O) groups is 2. The maximum atomic E-state index is 11.8. The summed E-state index contributed by atoms with van der Waals surface area (Å²) >= 11 is 0. The van der Waals surface area contributed by atoms with Crippen molar-refractivity contribution >= 4 is 17.6 Å². The summed E-state index contributed by atoms with van der Waals surface area (Å²) in [6.45, 7) is 3.27. The van der Waals surface area contributed by atoms with Crippen molar-refractivity contribution in [2.75, 3.05) is 5.32 Å². The molecule has 1 amide bonds. The van der Waals surface area contributed by atoms with Gasteiger partial charge in [0.2, 0.25) is 5.91 Å². The van der Waals surface area contributed by atoms with Gasteiger partial charge in [-0.3, -0.25) is 4.79 Å². The second kappa shape index (κ2) is 7.17. The predicted octanol–water partition coefficient (Wildman–Crippen LogP) is 2.49. The van der Waals surface area contributed by atoms with E-state index in [0.717, 1.165) is 0 Å². The number of nitrogens with zero attached hydrogens (tertiary/aromatic N) is 1. The number of anilines is 1. The molecule has 1 N–H and O–H groups in total.